The maximum atomic E-state index is 14.1. The maximum absolute atomic E-state index is 14.1. The van der Waals surface area contributed by atoms with Gasteiger partial charge < -0.3 is 18.9 Å². The maximum Gasteiger partial charge on any atom is 0.337 e. The van der Waals surface area contributed by atoms with Crippen LogP contribution in [0.2, 0.25) is 0 Å². The molecule has 5 rings (SSSR count). The summed E-state index contributed by atoms with van der Waals surface area (Å²) in [5.74, 6) is 1.00. The Kier molecular flexibility index (Phi) is 9.62. The topological polar surface area (TPSA) is 112 Å². The fourth-order valence-electron chi connectivity index (χ4n) is 4.80. The molecule has 0 unspecified atom stereocenters. The minimum absolute atomic E-state index is 0.176. The van der Waals surface area contributed by atoms with Crippen molar-refractivity contribution in [1.29, 1.82) is 5.26 Å². The van der Waals surface area contributed by atoms with Gasteiger partial charge in [0, 0.05) is 21.8 Å². The number of hydrogen-bond acceptors (Lipinski definition) is 9. The molecule has 2 heterocycles. The lowest BCUT2D eigenvalue weighted by Gasteiger charge is -2.23. The first-order valence-corrected chi connectivity index (χ1v) is 15.4. The summed E-state index contributed by atoms with van der Waals surface area (Å²) < 4.78 is 25.4. The number of benzene rings is 3. The second kappa shape index (κ2) is 13.8. The molecule has 1 aliphatic rings. The van der Waals surface area contributed by atoms with Crippen molar-refractivity contribution in [1.82, 2.24) is 4.57 Å². The molecule has 4 aromatic rings. The van der Waals surface area contributed by atoms with Gasteiger partial charge in [-0.25, -0.2) is 9.79 Å². The smallest absolute Gasteiger partial charge is 0.337 e. The van der Waals surface area contributed by atoms with Crippen LogP contribution in [0.15, 0.2) is 86.7 Å². The van der Waals surface area contributed by atoms with E-state index in [1.165, 1.54) is 29.2 Å². The van der Waals surface area contributed by atoms with Crippen LogP contribution < -0.4 is 29.1 Å². The Hall–Kier alpha value is -4.66. The number of hydrogen-bond donors (Lipinski definition) is 0. The SMILES string of the molecule is CCOc1ccc([C@H]2C(C(=O)OC)=CN=c3s/c(=C/c4cc(Br)ccc4OCc4ccccc4C#N)c(=O)n32)cc1OCC. The van der Waals surface area contributed by atoms with Crippen molar-refractivity contribution in [3.8, 4) is 23.3 Å². The average molecular weight is 675 g/mol. The van der Waals surface area contributed by atoms with Gasteiger partial charge in [-0.3, -0.25) is 9.36 Å². The molecule has 224 valence electrons. The van der Waals surface area contributed by atoms with E-state index in [1.54, 1.807) is 42.5 Å². The molecule has 0 bridgehead atoms. The Morgan fingerprint density at radius 2 is 1.80 bits per heavy atom. The first-order chi connectivity index (χ1) is 21.4. The quantitative estimate of drug-likeness (QED) is 0.217. The lowest BCUT2D eigenvalue weighted by Crippen LogP contribution is -2.39. The zero-order valence-electron chi connectivity index (χ0n) is 24.2. The summed E-state index contributed by atoms with van der Waals surface area (Å²) >= 11 is 4.71. The number of aromatic nitrogens is 1. The fraction of sp³-hybridized carbons (Fsp3) is 0.212. The van der Waals surface area contributed by atoms with E-state index in [0.29, 0.717) is 56.5 Å². The molecule has 1 aromatic heterocycles. The number of ether oxygens (including phenoxy) is 4. The molecule has 9 nitrogen and oxygen atoms in total. The van der Waals surface area contributed by atoms with E-state index in [4.69, 9.17) is 18.9 Å². The summed E-state index contributed by atoms with van der Waals surface area (Å²) in [6.07, 6.45) is 3.19. The molecule has 3 aromatic carbocycles. The van der Waals surface area contributed by atoms with E-state index in [2.05, 4.69) is 27.0 Å². The number of esters is 1. The normalized spacial score (nSPS) is 14.1. The summed E-state index contributed by atoms with van der Waals surface area (Å²) in [5.41, 5.74) is 2.45. The predicted octanol–water partition coefficient (Wildman–Crippen LogP) is 5.03. The molecule has 44 heavy (non-hydrogen) atoms. The monoisotopic (exact) mass is 673 g/mol. The summed E-state index contributed by atoms with van der Waals surface area (Å²) in [6.45, 7) is 4.79. The Labute approximate surface area is 266 Å². The van der Waals surface area contributed by atoms with Gasteiger partial charge in [-0.1, -0.05) is 51.5 Å². The molecule has 1 aliphatic heterocycles. The Bertz CT molecular complexity index is 1970. The fourth-order valence-corrected chi connectivity index (χ4v) is 6.14. The number of nitrogens with zero attached hydrogens (tertiary/aromatic N) is 3. The van der Waals surface area contributed by atoms with E-state index in [9.17, 15) is 14.9 Å². The van der Waals surface area contributed by atoms with Gasteiger partial charge in [-0.05, 0) is 61.9 Å². The van der Waals surface area contributed by atoms with Crippen LogP contribution in [-0.2, 0) is 16.1 Å². The van der Waals surface area contributed by atoms with Crippen LogP contribution in [0.3, 0.4) is 0 Å². The highest BCUT2D eigenvalue weighted by molar-refractivity contribution is 9.10. The number of thiazole rings is 1. The van der Waals surface area contributed by atoms with Gasteiger partial charge in [-0.15, -0.1) is 0 Å². The van der Waals surface area contributed by atoms with Gasteiger partial charge in [0.1, 0.15) is 12.4 Å². The number of carbonyl (C=O) groups excluding carboxylic acids is 1. The molecule has 0 saturated heterocycles. The van der Waals surface area contributed by atoms with Gasteiger partial charge in [0.05, 0.1) is 48.1 Å². The van der Waals surface area contributed by atoms with Crippen molar-refractivity contribution < 1.29 is 23.7 Å². The van der Waals surface area contributed by atoms with Crippen molar-refractivity contribution in [3.05, 3.63) is 119 Å². The van der Waals surface area contributed by atoms with E-state index in [0.717, 1.165) is 10.0 Å². The molecule has 0 fully saturated rings. The molecule has 0 aliphatic carbocycles. The Morgan fingerprint density at radius 1 is 1.05 bits per heavy atom. The van der Waals surface area contributed by atoms with Crippen molar-refractivity contribution in [2.24, 2.45) is 4.99 Å². The number of methoxy groups -OCH3 is 1. The van der Waals surface area contributed by atoms with Crippen molar-refractivity contribution >= 4 is 39.3 Å². The van der Waals surface area contributed by atoms with Crippen LogP contribution >= 0.6 is 27.3 Å². The summed E-state index contributed by atoms with van der Waals surface area (Å²) in [5, 5.41) is 9.46. The van der Waals surface area contributed by atoms with Gasteiger partial charge in [0.2, 0.25) is 0 Å². The van der Waals surface area contributed by atoms with E-state index < -0.39 is 12.0 Å². The van der Waals surface area contributed by atoms with E-state index in [-0.39, 0.29) is 17.7 Å². The third kappa shape index (κ3) is 6.32. The van der Waals surface area contributed by atoms with Crippen molar-refractivity contribution in [2.75, 3.05) is 20.3 Å². The minimum atomic E-state index is -0.809. The van der Waals surface area contributed by atoms with Gasteiger partial charge in [-0.2, -0.15) is 5.26 Å². The highest BCUT2D eigenvalue weighted by Crippen LogP contribution is 2.35. The molecule has 0 amide bonds. The van der Waals surface area contributed by atoms with E-state index >= 15 is 0 Å². The Morgan fingerprint density at radius 3 is 2.55 bits per heavy atom. The van der Waals surface area contributed by atoms with Gasteiger partial charge in [0.15, 0.2) is 16.3 Å². The lowest BCUT2D eigenvalue weighted by atomic mass is 9.97. The first kappa shape index (κ1) is 30.8. The zero-order valence-corrected chi connectivity index (χ0v) is 26.6. The number of rotatable bonds is 10. The molecule has 0 saturated carbocycles. The van der Waals surface area contributed by atoms with Crippen molar-refractivity contribution in [2.45, 2.75) is 26.5 Å². The molecule has 0 spiro atoms. The number of fused-ring (bicyclic) bond motifs is 1. The van der Waals surface area contributed by atoms with Crippen LogP contribution in [0.25, 0.3) is 6.08 Å². The summed E-state index contributed by atoms with van der Waals surface area (Å²) in [6, 6.07) is 19.4. The number of nitriles is 1. The zero-order chi connectivity index (χ0) is 31.2. The first-order valence-electron chi connectivity index (χ1n) is 13.8. The highest BCUT2D eigenvalue weighted by Gasteiger charge is 2.31. The second-order valence-electron chi connectivity index (χ2n) is 9.49. The second-order valence-corrected chi connectivity index (χ2v) is 11.4. The Balaban J connectivity index is 1.61. The van der Waals surface area contributed by atoms with Gasteiger partial charge >= 0.3 is 5.97 Å². The predicted molar refractivity (Wildman–Crippen MR) is 170 cm³/mol. The molecule has 0 radical (unpaired) electrons. The van der Waals surface area contributed by atoms with Crippen molar-refractivity contribution in [3.63, 3.8) is 0 Å². The largest absolute Gasteiger partial charge is 0.490 e. The molecular weight excluding hydrogens is 646 g/mol. The van der Waals surface area contributed by atoms with Crippen LogP contribution in [-0.4, -0.2) is 30.9 Å². The third-order valence-corrected chi connectivity index (χ3v) is 8.28. The van der Waals surface area contributed by atoms with E-state index in [1.807, 2.05) is 38.1 Å². The summed E-state index contributed by atoms with van der Waals surface area (Å²) in [4.78, 5) is 31.8. The lowest BCUT2D eigenvalue weighted by molar-refractivity contribution is -0.136. The molecule has 11 heteroatoms. The summed E-state index contributed by atoms with van der Waals surface area (Å²) in [7, 11) is 1.29. The molecule has 1 atom stereocenters. The molecule has 0 N–H and O–H groups in total. The van der Waals surface area contributed by atoms with Crippen LogP contribution in [0.4, 0.5) is 0 Å². The minimum Gasteiger partial charge on any atom is -0.490 e. The number of carbonyl (C=O) groups is 1. The van der Waals surface area contributed by atoms with Crippen LogP contribution in [0.1, 0.15) is 42.1 Å². The number of halogens is 1. The molecular formula is C33H28BrN3O6S. The average Bonchev–Trinajstić information content (AvgIpc) is 3.35. The standard InChI is InChI=1S/C33H28BrN3O6S/c1-4-41-27-12-10-20(15-28(27)42-5-2)30-25(32(39)40-3)18-36-33-37(30)31(38)29(44-33)16-23-14-24(34)11-13-26(23)43-19-22-9-7-6-8-21(22)17-35/h6-16,18,30H,4-5,19H2,1-3H3/b29-16+/t30-/m0/s1. The highest BCUT2D eigenvalue weighted by atomic mass is 79.9. The van der Waals surface area contributed by atoms with Gasteiger partial charge in [0.25, 0.3) is 5.56 Å². The van der Waals surface area contributed by atoms with Crippen LogP contribution in [0, 0.1) is 11.3 Å². The van der Waals surface area contributed by atoms with Crippen LogP contribution in [0.5, 0.6) is 17.2 Å². The third-order valence-electron chi connectivity index (χ3n) is 6.79.